The molecule has 0 aromatic carbocycles. The first-order valence-electron chi connectivity index (χ1n) is 5.26. The molecule has 3 N–H and O–H groups in total. The van der Waals surface area contributed by atoms with Gasteiger partial charge >= 0.3 is 5.97 Å². The van der Waals surface area contributed by atoms with E-state index in [9.17, 15) is 4.79 Å². The smallest absolute Gasteiger partial charge is 0.323 e. The number of aliphatic carboxylic acids is 1. The third-order valence-corrected chi connectivity index (χ3v) is 2.90. The normalized spacial score (nSPS) is 32.9. The summed E-state index contributed by atoms with van der Waals surface area (Å²) in [6.45, 7) is 2.07. The maximum Gasteiger partial charge on any atom is 0.323 e. The molecule has 1 heterocycles. The molecule has 1 aliphatic heterocycles. The Morgan fingerprint density at radius 1 is 1.67 bits per heavy atom. The number of carboxylic acid groups (broad SMARTS) is 1. The van der Waals surface area contributed by atoms with Crippen molar-refractivity contribution in [3.63, 3.8) is 0 Å². The second-order valence-corrected chi connectivity index (χ2v) is 4.05. The summed E-state index contributed by atoms with van der Waals surface area (Å²) in [6.07, 6.45) is 1.09. The van der Waals surface area contributed by atoms with Crippen LogP contribution in [0.4, 0.5) is 0 Å². The second-order valence-electron chi connectivity index (χ2n) is 4.05. The van der Waals surface area contributed by atoms with Crippen LogP contribution in [0.15, 0.2) is 0 Å². The van der Waals surface area contributed by atoms with E-state index < -0.39 is 12.0 Å². The summed E-state index contributed by atoms with van der Waals surface area (Å²) in [7, 11) is 1.62. The zero-order valence-electron chi connectivity index (χ0n) is 9.14. The standard InChI is InChI=1S/C10H19NO4/c1-6-5-7(3-4-12)15-9(6)8(11-2)10(13)14/h6-9,11-12H,3-5H2,1-2H3,(H,13,14)/t6?,7?,8-,9?/m0/s1. The van der Waals surface area contributed by atoms with Crippen LogP contribution in [0.25, 0.3) is 0 Å². The molecule has 0 amide bonds. The third kappa shape index (κ3) is 2.90. The van der Waals surface area contributed by atoms with E-state index in [2.05, 4.69) is 5.32 Å². The van der Waals surface area contributed by atoms with Crippen molar-refractivity contribution in [1.29, 1.82) is 0 Å². The molecule has 5 nitrogen and oxygen atoms in total. The number of hydrogen-bond acceptors (Lipinski definition) is 4. The van der Waals surface area contributed by atoms with Crippen molar-refractivity contribution < 1.29 is 19.7 Å². The Bertz CT molecular complexity index is 221. The summed E-state index contributed by atoms with van der Waals surface area (Å²) in [4.78, 5) is 10.9. The van der Waals surface area contributed by atoms with Crippen LogP contribution in [0, 0.1) is 5.92 Å². The van der Waals surface area contributed by atoms with E-state index in [1.54, 1.807) is 7.05 Å². The summed E-state index contributed by atoms with van der Waals surface area (Å²) < 4.78 is 5.63. The van der Waals surface area contributed by atoms with Crippen molar-refractivity contribution in [2.24, 2.45) is 5.92 Å². The number of ether oxygens (including phenoxy) is 1. The fourth-order valence-electron chi connectivity index (χ4n) is 2.13. The van der Waals surface area contributed by atoms with Gasteiger partial charge in [0.2, 0.25) is 0 Å². The molecular formula is C10H19NO4. The lowest BCUT2D eigenvalue weighted by Crippen LogP contribution is -2.46. The van der Waals surface area contributed by atoms with Crippen LogP contribution >= 0.6 is 0 Å². The SMILES string of the molecule is CN[C@H](C(=O)O)C1OC(CCO)CC1C. The number of carboxylic acids is 1. The first kappa shape index (κ1) is 12.4. The lowest BCUT2D eigenvalue weighted by Gasteiger charge is -2.22. The van der Waals surface area contributed by atoms with Gasteiger partial charge in [0, 0.05) is 6.61 Å². The molecule has 5 heteroatoms. The van der Waals surface area contributed by atoms with Crippen molar-refractivity contribution >= 4 is 5.97 Å². The minimum atomic E-state index is -0.890. The number of aliphatic hydroxyl groups excluding tert-OH is 1. The Morgan fingerprint density at radius 3 is 2.80 bits per heavy atom. The van der Waals surface area contributed by atoms with E-state index in [1.807, 2.05) is 6.92 Å². The van der Waals surface area contributed by atoms with E-state index >= 15 is 0 Å². The number of aliphatic hydroxyl groups is 1. The quantitative estimate of drug-likeness (QED) is 0.596. The highest BCUT2D eigenvalue weighted by Gasteiger charge is 2.39. The Morgan fingerprint density at radius 2 is 2.33 bits per heavy atom. The van der Waals surface area contributed by atoms with Crippen molar-refractivity contribution in [2.75, 3.05) is 13.7 Å². The van der Waals surface area contributed by atoms with Crippen LogP contribution < -0.4 is 5.32 Å². The second kappa shape index (κ2) is 5.44. The van der Waals surface area contributed by atoms with Crippen molar-refractivity contribution in [1.82, 2.24) is 5.32 Å². The van der Waals surface area contributed by atoms with Gasteiger partial charge in [0.05, 0.1) is 12.2 Å². The maximum absolute atomic E-state index is 10.9. The Balaban J connectivity index is 2.58. The van der Waals surface area contributed by atoms with Gasteiger partial charge in [-0.3, -0.25) is 4.79 Å². The van der Waals surface area contributed by atoms with Crippen LogP contribution in [0.1, 0.15) is 19.8 Å². The molecule has 15 heavy (non-hydrogen) atoms. The van der Waals surface area contributed by atoms with Gasteiger partial charge in [0.1, 0.15) is 6.04 Å². The number of carbonyl (C=O) groups is 1. The number of hydrogen-bond donors (Lipinski definition) is 3. The topological polar surface area (TPSA) is 78.8 Å². The summed E-state index contributed by atoms with van der Waals surface area (Å²) in [5, 5.41) is 20.5. The molecule has 0 aromatic heterocycles. The van der Waals surface area contributed by atoms with Crippen molar-refractivity contribution in [3.8, 4) is 0 Å². The van der Waals surface area contributed by atoms with Crippen LogP contribution in [0.2, 0.25) is 0 Å². The molecule has 1 rings (SSSR count). The number of likely N-dealkylation sites (N-methyl/N-ethyl adjacent to an activating group) is 1. The lowest BCUT2D eigenvalue weighted by molar-refractivity contribution is -0.144. The van der Waals surface area contributed by atoms with Gasteiger partial charge in [-0.2, -0.15) is 0 Å². The van der Waals surface area contributed by atoms with Gasteiger partial charge in [-0.1, -0.05) is 6.92 Å². The summed E-state index contributed by atoms with van der Waals surface area (Å²) in [5.74, 6) is -0.686. The monoisotopic (exact) mass is 217 g/mol. The predicted molar refractivity (Wildman–Crippen MR) is 54.6 cm³/mol. The first-order valence-corrected chi connectivity index (χ1v) is 5.26. The molecule has 0 radical (unpaired) electrons. The highest BCUT2D eigenvalue weighted by molar-refractivity contribution is 5.74. The summed E-state index contributed by atoms with van der Waals surface area (Å²) in [6, 6.07) is -0.663. The molecule has 88 valence electrons. The molecule has 1 saturated heterocycles. The predicted octanol–water partition coefficient (Wildman–Crippen LogP) is -0.165. The fourth-order valence-corrected chi connectivity index (χ4v) is 2.13. The zero-order valence-corrected chi connectivity index (χ0v) is 9.14. The third-order valence-electron chi connectivity index (χ3n) is 2.90. The van der Waals surface area contributed by atoms with Gasteiger partial charge < -0.3 is 20.3 Å². The average Bonchev–Trinajstić information content (AvgIpc) is 2.49. The van der Waals surface area contributed by atoms with Crippen LogP contribution in [0.3, 0.4) is 0 Å². The van der Waals surface area contributed by atoms with Gasteiger partial charge in [0.15, 0.2) is 0 Å². The lowest BCUT2D eigenvalue weighted by atomic mass is 9.96. The van der Waals surface area contributed by atoms with Gasteiger partial charge in [-0.25, -0.2) is 0 Å². The van der Waals surface area contributed by atoms with E-state index in [0.29, 0.717) is 6.42 Å². The minimum absolute atomic E-state index is 0.00907. The molecule has 3 unspecified atom stereocenters. The molecule has 0 saturated carbocycles. The average molecular weight is 217 g/mol. The Hall–Kier alpha value is -0.650. The minimum Gasteiger partial charge on any atom is -0.480 e. The largest absolute Gasteiger partial charge is 0.480 e. The number of rotatable bonds is 5. The van der Waals surface area contributed by atoms with Gasteiger partial charge in [0.25, 0.3) is 0 Å². The van der Waals surface area contributed by atoms with Gasteiger partial charge in [-0.05, 0) is 25.8 Å². The van der Waals surface area contributed by atoms with Crippen LogP contribution in [-0.2, 0) is 9.53 Å². The molecule has 0 aliphatic carbocycles. The van der Waals surface area contributed by atoms with Crippen molar-refractivity contribution in [3.05, 3.63) is 0 Å². The van der Waals surface area contributed by atoms with Crippen LogP contribution in [-0.4, -0.2) is 48.1 Å². The first-order chi connectivity index (χ1) is 7.10. The molecule has 4 atom stereocenters. The van der Waals surface area contributed by atoms with Crippen molar-refractivity contribution in [2.45, 2.75) is 38.0 Å². The van der Waals surface area contributed by atoms with E-state index in [-0.39, 0.29) is 24.7 Å². The molecule has 0 bridgehead atoms. The van der Waals surface area contributed by atoms with E-state index in [4.69, 9.17) is 14.9 Å². The zero-order chi connectivity index (χ0) is 11.4. The molecule has 0 spiro atoms. The highest BCUT2D eigenvalue weighted by Crippen LogP contribution is 2.29. The van der Waals surface area contributed by atoms with Crippen LogP contribution in [0.5, 0.6) is 0 Å². The molecule has 0 aromatic rings. The molecular weight excluding hydrogens is 198 g/mol. The fraction of sp³-hybridized carbons (Fsp3) is 0.900. The summed E-state index contributed by atoms with van der Waals surface area (Å²) >= 11 is 0. The maximum atomic E-state index is 10.9. The Labute approximate surface area is 89.4 Å². The highest BCUT2D eigenvalue weighted by atomic mass is 16.5. The molecule has 1 fully saturated rings. The van der Waals surface area contributed by atoms with E-state index in [1.165, 1.54) is 0 Å². The van der Waals surface area contributed by atoms with Gasteiger partial charge in [-0.15, -0.1) is 0 Å². The van der Waals surface area contributed by atoms with E-state index in [0.717, 1.165) is 6.42 Å². The molecule has 1 aliphatic rings. The Kier molecular flexibility index (Phi) is 4.50. The number of nitrogens with one attached hydrogen (secondary N) is 1. The summed E-state index contributed by atoms with van der Waals surface area (Å²) in [5.41, 5.74) is 0.